The number of nitrogens with zero attached hydrogens (tertiary/aromatic N) is 3. The standard InChI is InChI=1S/C20H18N4O4S/c1-28-14-8-6-13(7-9-14)20-24(18(26)11-29-20)22-17(25)10-23-12-21-16-5-3-2-4-15(16)19(23)27/h2-9,12,20H,10-11H2,1H3,(H,22,25). The van der Waals surface area contributed by atoms with E-state index in [2.05, 4.69) is 10.4 Å². The molecule has 1 fully saturated rings. The predicted octanol–water partition coefficient (Wildman–Crippen LogP) is 1.71. The molecule has 2 heterocycles. The quantitative estimate of drug-likeness (QED) is 0.688. The molecule has 8 nitrogen and oxygen atoms in total. The van der Waals surface area contributed by atoms with Crippen LogP contribution in [0.15, 0.2) is 59.7 Å². The van der Waals surface area contributed by atoms with Crippen LogP contribution < -0.4 is 15.7 Å². The lowest BCUT2D eigenvalue weighted by atomic mass is 10.2. The van der Waals surface area contributed by atoms with Gasteiger partial charge in [-0.1, -0.05) is 24.3 Å². The molecular formula is C20H18N4O4S. The first-order valence-corrected chi connectivity index (χ1v) is 9.93. The van der Waals surface area contributed by atoms with Crippen LogP contribution in [0.1, 0.15) is 10.9 Å². The fraction of sp³-hybridized carbons (Fsp3) is 0.200. The van der Waals surface area contributed by atoms with Gasteiger partial charge < -0.3 is 4.74 Å². The van der Waals surface area contributed by atoms with Gasteiger partial charge in [0.2, 0.25) is 0 Å². The zero-order valence-electron chi connectivity index (χ0n) is 15.6. The van der Waals surface area contributed by atoms with Crippen molar-refractivity contribution in [3.05, 3.63) is 70.8 Å². The van der Waals surface area contributed by atoms with Gasteiger partial charge in [-0.05, 0) is 29.8 Å². The summed E-state index contributed by atoms with van der Waals surface area (Å²) in [5.74, 6) is 0.294. The molecular weight excluding hydrogens is 392 g/mol. The Labute approximate surface area is 170 Å². The molecule has 1 aliphatic rings. The van der Waals surface area contributed by atoms with Crippen LogP contribution in [0.25, 0.3) is 10.9 Å². The summed E-state index contributed by atoms with van der Waals surface area (Å²) < 4.78 is 6.39. The van der Waals surface area contributed by atoms with E-state index in [9.17, 15) is 14.4 Å². The smallest absolute Gasteiger partial charge is 0.261 e. The Balaban J connectivity index is 1.51. The van der Waals surface area contributed by atoms with E-state index in [1.807, 2.05) is 12.1 Å². The lowest BCUT2D eigenvalue weighted by Crippen LogP contribution is -2.46. The van der Waals surface area contributed by atoms with Crippen LogP contribution in [-0.2, 0) is 16.1 Å². The van der Waals surface area contributed by atoms with E-state index < -0.39 is 5.91 Å². The second-order valence-electron chi connectivity index (χ2n) is 6.43. The van der Waals surface area contributed by atoms with Crippen molar-refractivity contribution in [2.24, 2.45) is 0 Å². The van der Waals surface area contributed by atoms with E-state index in [0.717, 1.165) is 5.56 Å². The minimum absolute atomic E-state index is 0.201. The normalized spacial score (nSPS) is 16.2. The zero-order valence-corrected chi connectivity index (χ0v) is 16.4. The maximum absolute atomic E-state index is 12.6. The van der Waals surface area contributed by atoms with Crippen molar-refractivity contribution >= 4 is 34.5 Å². The summed E-state index contributed by atoms with van der Waals surface area (Å²) in [4.78, 5) is 41.6. The lowest BCUT2D eigenvalue weighted by molar-refractivity contribution is -0.139. The molecule has 0 saturated carbocycles. The van der Waals surface area contributed by atoms with Crippen molar-refractivity contribution in [3.63, 3.8) is 0 Å². The zero-order chi connectivity index (χ0) is 20.4. The third-order valence-electron chi connectivity index (χ3n) is 4.56. The Kier molecular flexibility index (Phi) is 5.22. The molecule has 1 saturated heterocycles. The summed E-state index contributed by atoms with van der Waals surface area (Å²) in [5, 5.41) is 1.41. The Morgan fingerprint density at radius 3 is 2.72 bits per heavy atom. The van der Waals surface area contributed by atoms with Gasteiger partial charge in [0.1, 0.15) is 17.7 Å². The fourth-order valence-corrected chi connectivity index (χ4v) is 4.21. The fourth-order valence-electron chi connectivity index (χ4n) is 3.10. The topological polar surface area (TPSA) is 93.5 Å². The molecule has 0 spiro atoms. The SMILES string of the molecule is COc1ccc(C2SCC(=O)N2NC(=O)Cn2cnc3ccccc3c2=O)cc1. The van der Waals surface area contributed by atoms with Gasteiger partial charge in [0, 0.05) is 0 Å². The van der Waals surface area contributed by atoms with E-state index in [1.54, 1.807) is 43.5 Å². The first-order chi connectivity index (χ1) is 14.1. The first kappa shape index (κ1) is 19.0. The highest BCUT2D eigenvalue weighted by atomic mass is 32.2. The minimum atomic E-state index is -0.474. The lowest BCUT2D eigenvalue weighted by Gasteiger charge is -2.24. The molecule has 1 unspecified atom stereocenters. The number of thioether (sulfide) groups is 1. The second kappa shape index (κ2) is 7.96. The number of methoxy groups -OCH3 is 1. The Hall–Kier alpha value is -3.33. The summed E-state index contributed by atoms with van der Waals surface area (Å²) >= 11 is 1.42. The molecule has 4 rings (SSSR count). The largest absolute Gasteiger partial charge is 0.497 e. The number of hydrogen-bond acceptors (Lipinski definition) is 6. The molecule has 1 N–H and O–H groups in total. The summed E-state index contributed by atoms with van der Waals surface area (Å²) in [6, 6.07) is 14.3. The Bertz CT molecular complexity index is 1130. The average Bonchev–Trinajstić information content (AvgIpc) is 3.10. The van der Waals surface area contributed by atoms with Gasteiger partial charge >= 0.3 is 0 Å². The number of aromatic nitrogens is 2. The number of carbonyl (C=O) groups excluding carboxylic acids is 2. The van der Waals surface area contributed by atoms with Crippen LogP contribution >= 0.6 is 11.8 Å². The monoisotopic (exact) mass is 410 g/mol. The van der Waals surface area contributed by atoms with Gasteiger partial charge in [-0.25, -0.2) is 9.99 Å². The average molecular weight is 410 g/mol. The minimum Gasteiger partial charge on any atom is -0.497 e. The van der Waals surface area contributed by atoms with E-state index in [-0.39, 0.29) is 29.1 Å². The number of nitrogens with one attached hydrogen (secondary N) is 1. The third-order valence-corrected chi connectivity index (χ3v) is 5.77. The van der Waals surface area contributed by atoms with Crippen LogP contribution in [0.2, 0.25) is 0 Å². The number of hydrazine groups is 1. The van der Waals surface area contributed by atoms with Crippen molar-refractivity contribution in [3.8, 4) is 5.75 Å². The number of amides is 2. The molecule has 0 radical (unpaired) electrons. The van der Waals surface area contributed by atoms with Crippen molar-refractivity contribution < 1.29 is 14.3 Å². The maximum Gasteiger partial charge on any atom is 0.261 e. The maximum atomic E-state index is 12.6. The Morgan fingerprint density at radius 1 is 1.21 bits per heavy atom. The van der Waals surface area contributed by atoms with Gasteiger partial charge in [-0.15, -0.1) is 11.8 Å². The molecule has 2 aromatic carbocycles. The molecule has 0 aliphatic carbocycles. The van der Waals surface area contributed by atoms with Gasteiger partial charge in [0.15, 0.2) is 0 Å². The number of para-hydroxylation sites is 1. The number of rotatable bonds is 5. The molecule has 0 bridgehead atoms. The molecule has 3 aromatic rings. The van der Waals surface area contributed by atoms with Gasteiger partial charge in [0.25, 0.3) is 17.4 Å². The number of carbonyl (C=O) groups is 2. The van der Waals surface area contributed by atoms with Crippen molar-refractivity contribution in [1.29, 1.82) is 0 Å². The van der Waals surface area contributed by atoms with Gasteiger partial charge in [-0.2, -0.15) is 0 Å². The molecule has 9 heteroatoms. The summed E-state index contributed by atoms with van der Waals surface area (Å²) in [5.41, 5.74) is 3.77. The van der Waals surface area contributed by atoms with Crippen molar-refractivity contribution in [1.82, 2.24) is 20.0 Å². The first-order valence-electron chi connectivity index (χ1n) is 8.88. The van der Waals surface area contributed by atoms with Gasteiger partial charge in [0.05, 0.1) is 30.1 Å². The molecule has 148 valence electrons. The number of ether oxygens (including phenoxy) is 1. The molecule has 1 aromatic heterocycles. The van der Waals surface area contributed by atoms with Gasteiger partial charge in [-0.3, -0.25) is 24.4 Å². The van der Waals surface area contributed by atoms with E-state index in [0.29, 0.717) is 16.7 Å². The van der Waals surface area contributed by atoms with E-state index >= 15 is 0 Å². The predicted molar refractivity (Wildman–Crippen MR) is 109 cm³/mol. The van der Waals surface area contributed by atoms with Crippen LogP contribution in [0.5, 0.6) is 5.75 Å². The van der Waals surface area contributed by atoms with Crippen LogP contribution in [0.4, 0.5) is 0 Å². The second-order valence-corrected chi connectivity index (χ2v) is 7.50. The number of hydrogen-bond donors (Lipinski definition) is 1. The molecule has 1 aliphatic heterocycles. The summed E-state index contributed by atoms with van der Waals surface area (Å²) in [7, 11) is 1.58. The van der Waals surface area contributed by atoms with E-state index in [4.69, 9.17) is 4.74 Å². The highest BCUT2D eigenvalue weighted by molar-refractivity contribution is 8.00. The van der Waals surface area contributed by atoms with Crippen LogP contribution in [0.3, 0.4) is 0 Å². The third kappa shape index (κ3) is 3.81. The van der Waals surface area contributed by atoms with Crippen LogP contribution in [-0.4, -0.2) is 39.2 Å². The van der Waals surface area contributed by atoms with Crippen molar-refractivity contribution in [2.45, 2.75) is 11.9 Å². The Morgan fingerprint density at radius 2 is 1.97 bits per heavy atom. The highest BCUT2D eigenvalue weighted by Crippen LogP contribution is 2.37. The summed E-state index contributed by atoms with van der Waals surface area (Å²) in [6.45, 7) is -0.236. The van der Waals surface area contributed by atoms with Crippen LogP contribution in [0, 0.1) is 0 Å². The number of fused-ring (bicyclic) bond motifs is 1. The van der Waals surface area contributed by atoms with Crippen molar-refractivity contribution in [2.75, 3.05) is 12.9 Å². The molecule has 1 atom stereocenters. The summed E-state index contributed by atoms with van der Waals surface area (Å²) in [6.07, 6.45) is 1.34. The highest BCUT2D eigenvalue weighted by Gasteiger charge is 2.34. The molecule has 29 heavy (non-hydrogen) atoms. The van der Waals surface area contributed by atoms with E-state index in [1.165, 1.54) is 27.7 Å². The number of benzene rings is 2. The molecule has 2 amide bonds.